The van der Waals surface area contributed by atoms with E-state index in [1.54, 1.807) is 17.1 Å². The number of carbonyl (C=O) groups excluding carboxylic acids is 1. The standard InChI is InChI=1S/C11H16N4OS/c1-4-7-14(8-5-2)11(16)15-9-12-10(13-15)17-6-3/h4-5,9H,1-2,6-8H2,3H3. The van der Waals surface area contributed by atoms with Gasteiger partial charge >= 0.3 is 6.03 Å². The summed E-state index contributed by atoms with van der Waals surface area (Å²) in [6, 6.07) is -0.222. The molecule has 0 aliphatic rings. The number of amides is 1. The van der Waals surface area contributed by atoms with Gasteiger partial charge in [0.25, 0.3) is 0 Å². The minimum atomic E-state index is -0.222. The molecule has 1 amide bonds. The lowest BCUT2D eigenvalue weighted by Crippen LogP contribution is -2.35. The first-order valence-corrected chi connectivity index (χ1v) is 6.27. The van der Waals surface area contributed by atoms with E-state index < -0.39 is 0 Å². The van der Waals surface area contributed by atoms with Crippen LogP contribution in [0.1, 0.15) is 6.92 Å². The van der Waals surface area contributed by atoms with Crippen LogP contribution in [0.15, 0.2) is 36.8 Å². The second kappa shape index (κ2) is 6.90. The Morgan fingerprint density at radius 1 is 1.53 bits per heavy atom. The van der Waals surface area contributed by atoms with Gasteiger partial charge in [0.05, 0.1) is 0 Å². The summed E-state index contributed by atoms with van der Waals surface area (Å²) >= 11 is 1.50. The van der Waals surface area contributed by atoms with Crippen LogP contribution in [0.4, 0.5) is 4.79 Å². The Morgan fingerprint density at radius 3 is 2.71 bits per heavy atom. The van der Waals surface area contributed by atoms with E-state index in [9.17, 15) is 4.79 Å². The predicted molar refractivity (Wildman–Crippen MR) is 69.2 cm³/mol. The Bertz CT molecular complexity index is 392. The Balaban J connectivity index is 2.77. The van der Waals surface area contributed by atoms with Gasteiger partial charge in [-0.25, -0.2) is 9.78 Å². The quantitative estimate of drug-likeness (QED) is 0.574. The first kappa shape index (κ1) is 13.5. The molecule has 17 heavy (non-hydrogen) atoms. The van der Waals surface area contributed by atoms with Crippen molar-refractivity contribution in [3.05, 3.63) is 31.6 Å². The van der Waals surface area contributed by atoms with Gasteiger partial charge in [0, 0.05) is 13.1 Å². The largest absolute Gasteiger partial charge is 0.346 e. The van der Waals surface area contributed by atoms with Gasteiger partial charge in [0.1, 0.15) is 6.33 Å². The van der Waals surface area contributed by atoms with Crippen molar-refractivity contribution >= 4 is 17.8 Å². The molecule has 1 aromatic rings. The molecule has 0 radical (unpaired) electrons. The average molecular weight is 252 g/mol. The highest BCUT2D eigenvalue weighted by Gasteiger charge is 2.14. The highest BCUT2D eigenvalue weighted by atomic mass is 32.2. The van der Waals surface area contributed by atoms with E-state index in [0.29, 0.717) is 18.2 Å². The van der Waals surface area contributed by atoms with Crippen LogP contribution in [0.5, 0.6) is 0 Å². The van der Waals surface area contributed by atoms with Crippen LogP contribution in [-0.4, -0.2) is 44.5 Å². The zero-order chi connectivity index (χ0) is 12.7. The Hall–Kier alpha value is -1.56. The third kappa shape index (κ3) is 3.74. The van der Waals surface area contributed by atoms with Crippen molar-refractivity contribution in [3.63, 3.8) is 0 Å². The maximum absolute atomic E-state index is 12.0. The molecule has 1 heterocycles. The minimum absolute atomic E-state index is 0.222. The summed E-state index contributed by atoms with van der Waals surface area (Å²) in [5, 5.41) is 4.70. The lowest BCUT2D eigenvalue weighted by molar-refractivity contribution is 0.206. The number of nitrogens with zero attached hydrogens (tertiary/aromatic N) is 4. The van der Waals surface area contributed by atoms with Crippen LogP contribution in [0, 0.1) is 0 Å². The van der Waals surface area contributed by atoms with Crippen molar-refractivity contribution in [1.82, 2.24) is 19.7 Å². The van der Waals surface area contributed by atoms with Crippen molar-refractivity contribution < 1.29 is 4.79 Å². The van der Waals surface area contributed by atoms with Crippen molar-refractivity contribution in [1.29, 1.82) is 0 Å². The van der Waals surface area contributed by atoms with E-state index >= 15 is 0 Å². The molecule has 0 atom stereocenters. The zero-order valence-electron chi connectivity index (χ0n) is 9.87. The molecule has 0 aromatic carbocycles. The molecule has 1 aromatic heterocycles. The first-order valence-electron chi connectivity index (χ1n) is 5.28. The van der Waals surface area contributed by atoms with E-state index in [1.807, 2.05) is 6.92 Å². The lowest BCUT2D eigenvalue weighted by Gasteiger charge is -2.17. The number of carbonyl (C=O) groups is 1. The average Bonchev–Trinajstić information content (AvgIpc) is 2.77. The molecule has 5 nitrogen and oxygen atoms in total. The number of rotatable bonds is 6. The van der Waals surface area contributed by atoms with Crippen molar-refractivity contribution in [2.45, 2.75) is 12.1 Å². The SMILES string of the molecule is C=CCN(CC=C)C(=O)n1cnc(SCC)n1. The van der Waals surface area contributed by atoms with Gasteiger partial charge in [-0.15, -0.1) is 18.3 Å². The highest BCUT2D eigenvalue weighted by Crippen LogP contribution is 2.10. The van der Waals surface area contributed by atoms with Crippen LogP contribution in [0.3, 0.4) is 0 Å². The summed E-state index contributed by atoms with van der Waals surface area (Å²) in [5.41, 5.74) is 0. The van der Waals surface area contributed by atoms with Crippen LogP contribution in [0.25, 0.3) is 0 Å². The number of hydrogen-bond acceptors (Lipinski definition) is 4. The second-order valence-corrected chi connectivity index (χ2v) is 4.40. The fourth-order valence-corrected chi connectivity index (χ4v) is 1.75. The molecule has 0 aliphatic carbocycles. The van der Waals surface area contributed by atoms with Gasteiger partial charge in [-0.1, -0.05) is 30.8 Å². The van der Waals surface area contributed by atoms with E-state index in [0.717, 1.165) is 5.75 Å². The van der Waals surface area contributed by atoms with Crippen molar-refractivity contribution in [2.75, 3.05) is 18.8 Å². The van der Waals surface area contributed by atoms with Gasteiger partial charge in [-0.2, -0.15) is 4.68 Å². The van der Waals surface area contributed by atoms with Crippen LogP contribution >= 0.6 is 11.8 Å². The number of thioether (sulfide) groups is 1. The molecule has 0 unspecified atom stereocenters. The fraction of sp³-hybridized carbons (Fsp3) is 0.364. The lowest BCUT2D eigenvalue weighted by atomic mass is 10.5. The third-order valence-corrected chi connectivity index (χ3v) is 2.64. The molecule has 0 saturated carbocycles. The maximum atomic E-state index is 12.0. The molecule has 0 spiro atoms. The van der Waals surface area contributed by atoms with Crippen molar-refractivity contribution in [2.24, 2.45) is 0 Å². The summed E-state index contributed by atoms with van der Waals surface area (Å²) in [6.45, 7) is 10.2. The number of hydrogen-bond donors (Lipinski definition) is 0. The summed E-state index contributed by atoms with van der Waals surface area (Å²) in [4.78, 5) is 17.6. The van der Waals surface area contributed by atoms with Crippen LogP contribution in [-0.2, 0) is 0 Å². The minimum Gasteiger partial charge on any atom is -0.315 e. The maximum Gasteiger partial charge on any atom is 0.346 e. The monoisotopic (exact) mass is 252 g/mol. The van der Waals surface area contributed by atoms with Crippen LogP contribution < -0.4 is 0 Å². The van der Waals surface area contributed by atoms with Gasteiger partial charge in [0.15, 0.2) is 0 Å². The summed E-state index contributed by atoms with van der Waals surface area (Å²) in [7, 11) is 0. The number of aromatic nitrogens is 3. The molecule has 92 valence electrons. The molecule has 0 aliphatic heterocycles. The van der Waals surface area contributed by atoms with Gasteiger partial charge in [-0.05, 0) is 5.75 Å². The van der Waals surface area contributed by atoms with Gasteiger partial charge < -0.3 is 4.90 Å². The normalized spacial score (nSPS) is 9.94. The van der Waals surface area contributed by atoms with Crippen LogP contribution in [0.2, 0.25) is 0 Å². The van der Waals surface area contributed by atoms with E-state index in [-0.39, 0.29) is 6.03 Å². The summed E-state index contributed by atoms with van der Waals surface area (Å²) in [5.74, 6) is 0.876. The molecule has 0 fully saturated rings. The Labute approximate surface area is 105 Å². The summed E-state index contributed by atoms with van der Waals surface area (Å²) in [6.07, 6.45) is 4.76. The second-order valence-electron chi connectivity index (χ2n) is 3.17. The van der Waals surface area contributed by atoms with Gasteiger partial charge in [-0.3, -0.25) is 0 Å². The highest BCUT2D eigenvalue weighted by molar-refractivity contribution is 7.99. The van der Waals surface area contributed by atoms with Crippen molar-refractivity contribution in [3.8, 4) is 0 Å². The zero-order valence-corrected chi connectivity index (χ0v) is 10.7. The topological polar surface area (TPSA) is 51.0 Å². The van der Waals surface area contributed by atoms with E-state index in [2.05, 4.69) is 23.2 Å². The Kier molecular flexibility index (Phi) is 5.48. The predicted octanol–water partition coefficient (Wildman–Crippen LogP) is 2.03. The fourth-order valence-electron chi connectivity index (χ4n) is 1.22. The molecule has 0 N–H and O–H groups in total. The van der Waals surface area contributed by atoms with Gasteiger partial charge in [0.2, 0.25) is 5.16 Å². The third-order valence-electron chi connectivity index (χ3n) is 1.91. The molecule has 6 heteroatoms. The first-order chi connectivity index (χ1) is 8.22. The molecule has 1 rings (SSSR count). The molecule has 0 bridgehead atoms. The van der Waals surface area contributed by atoms with E-state index in [4.69, 9.17) is 0 Å². The Morgan fingerprint density at radius 2 is 2.18 bits per heavy atom. The summed E-state index contributed by atoms with van der Waals surface area (Å²) < 4.78 is 1.24. The molecular formula is C11H16N4OS. The van der Waals surface area contributed by atoms with E-state index in [1.165, 1.54) is 22.8 Å². The molecule has 0 saturated heterocycles. The molecular weight excluding hydrogens is 236 g/mol. The smallest absolute Gasteiger partial charge is 0.315 e.